The van der Waals surface area contributed by atoms with E-state index in [4.69, 9.17) is 9.47 Å². The Morgan fingerprint density at radius 1 is 1.10 bits per heavy atom. The van der Waals surface area contributed by atoms with Gasteiger partial charge >= 0.3 is 0 Å². The standard InChI is InChI=1S/C22H20N2O5/c1-22(2)9-15-21(17(25)10-22)20(12-5-3-4-6-16(12)24(26)27)13-7-18-19(29-11-28-18)8-14(13)23-15/h3-8,20,23H,9-11H2,1-2H3. The molecule has 1 atom stereocenters. The predicted octanol–water partition coefficient (Wildman–Crippen LogP) is 4.52. The third-order valence-corrected chi connectivity index (χ3v) is 5.79. The molecule has 2 heterocycles. The molecule has 0 saturated heterocycles. The highest BCUT2D eigenvalue weighted by atomic mass is 16.7. The third kappa shape index (κ3) is 2.76. The molecule has 0 fully saturated rings. The number of nitro benzene ring substituents is 1. The number of hydrogen-bond acceptors (Lipinski definition) is 6. The molecule has 2 aromatic rings. The Balaban J connectivity index is 1.78. The summed E-state index contributed by atoms with van der Waals surface area (Å²) in [6.45, 7) is 4.25. The summed E-state index contributed by atoms with van der Waals surface area (Å²) in [6.07, 6.45) is 1.10. The molecule has 0 spiro atoms. The van der Waals surface area contributed by atoms with Crippen LogP contribution in [-0.4, -0.2) is 17.5 Å². The van der Waals surface area contributed by atoms with E-state index in [0.717, 1.165) is 16.9 Å². The number of para-hydroxylation sites is 1. The van der Waals surface area contributed by atoms with Crippen LogP contribution in [0.3, 0.4) is 0 Å². The smallest absolute Gasteiger partial charge is 0.273 e. The lowest BCUT2D eigenvalue weighted by Crippen LogP contribution is -2.34. The summed E-state index contributed by atoms with van der Waals surface area (Å²) in [5.74, 6) is 0.709. The summed E-state index contributed by atoms with van der Waals surface area (Å²) >= 11 is 0. The number of ether oxygens (including phenoxy) is 2. The second-order valence-corrected chi connectivity index (χ2v) is 8.50. The van der Waals surface area contributed by atoms with Crippen LogP contribution in [0.4, 0.5) is 11.4 Å². The van der Waals surface area contributed by atoms with E-state index in [1.54, 1.807) is 18.2 Å². The number of carbonyl (C=O) groups excluding carboxylic acids is 1. The van der Waals surface area contributed by atoms with Gasteiger partial charge in [-0.25, -0.2) is 0 Å². The maximum atomic E-state index is 13.2. The van der Waals surface area contributed by atoms with Crippen LogP contribution in [-0.2, 0) is 4.79 Å². The summed E-state index contributed by atoms with van der Waals surface area (Å²) in [4.78, 5) is 24.6. The van der Waals surface area contributed by atoms with Crippen LogP contribution in [0.5, 0.6) is 11.5 Å². The summed E-state index contributed by atoms with van der Waals surface area (Å²) in [6, 6.07) is 10.3. The predicted molar refractivity (Wildman–Crippen MR) is 106 cm³/mol. The van der Waals surface area contributed by atoms with Crippen molar-refractivity contribution in [3.05, 3.63) is 68.9 Å². The first-order valence-corrected chi connectivity index (χ1v) is 9.54. The summed E-state index contributed by atoms with van der Waals surface area (Å²) in [7, 11) is 0. The SMILES string of the molecule is CC1(C)CC(=O)C2=C(C1)Nc1cc3c(cc1C2c1ccccc1[N+](=O)[O-])OCO3. The van der Waals surface area contributed by atoms with Crippen LogP contribution in [0, 0.1) is 15.5 Å². The fourth-order valence-electron chi connectivity index (χ4n) is 4.62. The first kappa shape index (κ1) is 17.7. The molecule has 7 heteroatoms. The van der Waals surface area contributed by atoms with Crippen molar-refractivity contribution < 1.29 is 19.2 Å². The van der Waals surface area contributed by atoms with Crippen molar-refractivity contribution >= 4 is 17.2 Å². The molecule has 2 aliphatic heterocycles. The zero-order valence-electron chi connectivity index (χ0n) is 16.2. The van der Waals surface area contributed by atoms with Gasteiger partial charge in [0.05, 0.1) is 4.92 Å². The van der Waals surface area contributed by atoms with Crippen molar-refractivity contribution in [3.8, 4) is 11.5 Å². The molecule has 7 nitrogen and oxygen atoms in total. The Kier molecular flexibility index (Phi) is 3.71. The number of allylic oxidation sites excluding steroid dienone is 2. The van der Waals surface area contributed by atoms with E-state index in [2.05, 4.69) is 19.2 Å². The van der Waals surface area contributed by atoms with Gasteiger partial charge in [-0.3, -0.25) is 14.9 Å². The lowest BCUT2D eigenvalue weighted by Gasteiger charge is -2.39. The van der Waals surface area contributed by atoms with Crippen LogP contribution in [0.1, 0.15) is 43.7 Å². The zero-order valence-corrected chi connectivity index (χ0v) is 16.2. The van der Waals surface area contributed by atoms with Gasteiger partial charge in [0.25, 0.3) is 5.69 Å². The highest BCUT2D eigenvalue weighted by molar-refractivity contribution is 6.02. The van der Waals surface area contributed by atoms with Crippen molar-refractivity contribution in [2.45, 2.75) is 32.6 Å². The molecule has 1 aliphatic carbocycles. The molecule has 5 rings (SSSR count). The van der Waals surface area contributed by atoms with E-state index in [0.29, 0.717) is 35.5 Å². The number of hydrogen-bond donors (Lipinski definition) is 1. The third-order valence-electron chi connectivity index (χ3n) is 5.79. The average molecular weight is 392 g/mol. The molecule has 0 saturated carbocycles. The maximum Gasteiger partial charge on any atom is 0.273 e. The molecule has 3 aliphatic rings. The van der Waals surface area contributed by atoms with Crippen LogP contribution in [0.25, 0.3) is 0 Å². The van der Waals surface area contributed by atoms with E-state index >= 15 is 0 Å². The number of rotatable bonds is 2. The van der Waals surface area contributed by atoms with E-state index in [1.165, 1.54) is 6.07 Å². The molecule has 148 valence electrons. The normalized spacial score (nSPS) is 21.3. The van der Waals surface area contributed by atoms with E-state index in [-0.39, 0.29) is 28.6 Å². The van der Waals surface area contributed by atoms with E-state index in [1.807, 2.05) is 12.1 Å². The molecule has 0 bridgehead atoms. The monoisotopic (exact) mass is 392 g/mol. The molecular formula is C22H20N2O5. The fourth-order valence-corrected chi connectivity index (χ4v) is 4.62. The van der Waals surface area contributed by atoms with Gasteiger partial charge in [-0.15, -0.1) is 0 Å². The van der Waals surface area contributed by atoms with Crippen LogP contribution >= 0.6 is 0 Å². The molecule has 0 amide bonds. The Hall–Kier alpha value is -3.35. The van der Waals surface area contributed by atoms with Gasteiger partial charge in [0.15, 0.2) is 17.3 Å². The second-order valence-electron chi connectivity index (χ2n) is 8.50. The molecule has 1 unspecified atom stereocenters. The summed E-state index contributed by atoms with van der Waals surface area (Å²) in [5, 5.41) is 15.2. The van der Waals surface area contributed by atoms with Crippen LogP contribution in [0.15, 0.2) is 47.7 Å². The van der Waals surface area contributed by atoms with E-state index < -0.39 is 5.92 Å². The number of anilines is 1. The number of nitrogens with one attached hydrogen (secondary N) is 1. The Labute approximate surface area is 167 Å². The van der Waals surface area contributed by atoms with Gasteiger partial charge in [-0.1, -0.05) is 32.0 Å². The number of nitro groups is 1. The topological polar surface area (TPSA) is 90.7 Å². The van der Waals surface area contributed by atoms with Crippen molar-refractivity contribution in [1.82, 2.24) is 0 Å². The zero-order chi connectivity index (χ0) is 20.3. The first-order valence-electron chi connectivity index (χ1n) is 9.54. The van der Waals surface area contributed by atoms with Crippen molar-refractivity contribution in [1.29, 1.82) is 0 Å². The maximum absolute atomic E-state index is 13.2. The minimum atomic E-state index is -0.527. The first-order chi connectivity index (χ1) is 13.8. The van der Waals surface area contributed by atoms with Gasteiger partial charge in [0, 0.05) is 47.0 Å². The number of nitrogens with zero attached hydrogens (tertiary/aromatic N) is 1. The quantitative estimate of drug-likeness (QED) is 0.597. The van der Waals surface area contributed by atoms with Crippen molar-refractivity contribution in [2.24, 2.45) is 5.41 Å². The van der Waals surface area contributed by atoms with Gasteiger partial charge in [-0.05, 0) is 23.5 Å². The minimum absolute atomic E-state index is 0.00694. The Morgan fingerprint density at radius 3 is 2.59 bits per heavy atom. The second kappa shape index (κ2) is 6.07. The highest BCUT2D eigenvalue weighted by Gasteiger charge is 2.43. The molecule has 1 N–H and O–H groups in total. The summed E-state index contributed by atoms with van der Waals surface area (Å²) < 4.78 is 11.0. The average Bonchev–Trinajstić information content (AvgIpc) is 3.11. The largest absolute Gasteiger partial charge is 0.454 e. The van der Waals surface area contributed by atoms with Gasteiger partial charge in [0.1, 0.15) is 0 Å². The van der Waals surface area contributed by atoms with Gasteiger partial charge < -0.3 is 14.8 Å². The Morgan fingerprint density at radius 2 is 1.83 bits per heavy atom. The lowest BCUT2D eigenvalue weighted by atomic mass is 9.68. The number of carbonyl (C=O) groups is 1. The molecular weight excluding hydrogens is 372 g/mol. The van der Waals surface area contributed by atoms with Crippen LogP contribution < -0.4 is 14.8 Å². The van der Waals surface area contributed by atoms with Crippen molar-refractivity contribution in [2.75, 3.05) is 12.1 Å². The van der Waals surface area contributed by atoms with Crippen molar-refractivity contribution in [3.63, 3.8) is 0 Å². The van der Waals surface area contributed by atoms with E-state index in [9.17, 15) is 14.9 Å². The lowest BCUT2D eigenvalue weighted by molar-refractivity contribution is -0.385. The minimum Gasteiger partial charge on any atom is -0.454 e. The number of benzene rings is 2. The number of ketones is 1. The molecule has 29 heavy (non-hydrogen) atoms. The molecule has 2 aromatic carbocycles. The Bertz CT molecular complexity index is 1100. The number of fused-ring (bicyclic) bond motifs is 2. The number of Topliss-reactive ketones (excluding diaryl/α,β-unsaturated/α-hetero) is 1. The summed E-state index contributed by atoms with van der Waals surface area (Å²) in [5.41, 5.74) is 3.37. The fraction of sp³-hybridized carbons (Fsp3) is 0.318. The molecule has 0 aromatic heterocycles. The van der Waals surface area contributed by atoms with Gasteiger partial charge in [0.2, 0.25) is 6.79 Å². The van der Waals surface area contributed by atoms with Crippen LogP contribution in [0.2, 0.25) is 0 Å². The molecule has 0 radical (unpaired) electrons. The van der Waals surface area contributed by atoms with Gasteiger partial charge in [-0.2, -0.15) is 0 Å². The highest BCUT2D eigenvalue weighted by Crippen LogP contribution is 2.52.